The van der Waals surface area contributed by atoms with Gasteiger partial charge in [0.25, 0.3) is 5.69 Å². The van der Waals surface area contributed by atoms with Crippen molar-refractivity contribution in [2.45, 2.75) is 44.1 Å². The number of anilines is 1. The maximum absolute atomic E-state index is 12.2. The first kappa shape index (κ1) is 17.1. The summed E-state index contributed by atoms with van der Waals surface area (Å²) in [7, 11) is 0. The van der Waals surface area contributed by atoms with Crippen LogP contribution in [0.2, 0.25) is 0 Å². The van der Waals surface area contributed by atoms with E-state index in [-0.39, 0.29) is 18.0 Å². The summed E-state index contributed by atoms with van der Waals surface area (Å²) in [4.78, 5) is 22.5. The van der Waals surface area contributed by atoms with Gasteiger partial charge in [-0.25, -0.2) is 0 Å². The molecule has 25 heavy (non-hydrogen) atoms. The van der Waals surface area contributed by atoms with E-state index in [0.29, 0.717) is 29.9 Å². The zero-order valence-electron chi connectivity index (χ0n) is 13.7. The molecular formula is C17H20N4O4. The first-order valence-corrected chi connectivity index (χ1v) is 8.28. The Bertz CT molecular complexity index is 780. The van der Waals surface area contributed by atoms with Crippen LogP contribution in [0.1, 0.15) is 38.5 Å². The number of carbonyl (C=O) groups is 1. The second-order valence-corrected chi connectivity index (χ2v) is 6.48. The smallest absolute Gasteiger partial charge is 0.270 e. The Morgan fingerprint density at radius 3 is 2.80 bits per heavy atom. The highest BCUT2D eigenvalue weighted by atomic mass is 16.6. The fourth-order valence-corrected chi connectivity index (χ4v) is 3.19. The van der Waals surface area contributed by atoms with Crippen LogP contribution in [0.5, 0.6) is 0 Å². The Morgan fingerprint density at radius 1 is 1.32 bits per heavy atom. The highest BCUT2D eigenvalue weighted by Crippen LogP contribution is 2.31. The number of benzene rings is 1. The van der Waals surface area contributed by atoms with E-state index in [0.717, 1.165) is 19.3 Å². The van der Waals surface area contributed by atoms with Crippen molar-refractivity contribution in [2.75, 3.05) is 5.32 Å². The molecule has 2 aromatic rings. The lowest BCUT2D eigenvalue weighted by atomic mass is 9.82. The number of aromatic amines is 1. The summed E-state index contributed by atoms with van der Waals surface area (Å²) < 4.78 is 0. The summed E-state index contributed by atoms with van der Waals surface area (Å²) in [5, 5.41) is 30.7. The largest absolute Gasteiger partial charge is 0.389 e. The minimum absolute atomic E-state index is 0.0165. The maximum Gasteiger partial charge on any atom is 0.270 e. The minimum atomic E-state index is -0.929. The SMILES string of the molecule is O=C(CC1(O)CCCCC1)Nc1cc(-c2cccc([N+](=O)[O-])c2)[nH]n1. The van der Waals surface area contributed by atoms with Crippen LogP contribution in [0, 0.1) is 10.1 Å². The molecule has 1 aliphatic rings. The van der Waals surface area contributed by atoms with Crippen LogP contribution in [-0.4, -0.2) is 31.7 Å². The molecule has 0 radical (unpaired) electrons. The Hall–Kier alpha value is -2.74. The van der Waals surface area contributed by atoms with E-state index in [2.05, 4.69) is 15.5 Å². The molecule has 0 unspecified atom stereocenters. The number of nitrogens with zero attached hydrogens (tertiary/aromatic N) is 2. The van der Waals surface area contributed by atoms with Crippen LogP contribution in [0.25, 0.3) is 11.3 Å². The summed E-state index contributed by atoms with van der Waals surface area (Å²) in [6, 6.07) is 7.77. The first-order chi connectivity index (χ1) is 12.0. The predicted molar refractivity (Wildman–Crippen MR) is 92.0 cm³/mol. The van der Waals surface area contributed by atoms with Crippen LogP contribution >= 0.6 is 0 Å². The molecule has 3 rings (SSSR count). The van der Waals surface area contributed by atoms with Gasteiger partial charge in [0.2, 0.25) is 5.91 Å². The zero-order chi connectivity index (χ0) is 17.9. The number of aromatic nitrogens is 2. The molecule has 0 saturated heterocycles. The monoisotopic (exact) mass is 344 g/mol. The van der Waals surface area contributed by atoms with Crippen molar-refractivity contribution in [2.24, 2.45) is 0 Å². The third-order valence-electron chi connectivity index (χ3n) is 4.49. The lowest BCUT2D eigenvalue weighted by molar-refractivity contribution is -0.384. The second-order valence-electron chi connectivity index (χ2n) is 6.48. The highest BCUT2D eigenvalue weighted by Gasteiger charge is 2.31. The van der Waals surface area contributed by atoms with E-state index in [1.807, 2.05) is 0 Å². The van der Waals surface area contributed by atoms with Gasteiger partial charge in [-0.2, -0.15) is 5.10 Å². The number of carbonyl (C=O) groups excluding carboxylic acids is 1. The third-order valence-corrected chi connectivity index (χ3v) is 4.49. The number of amides is 1. The number of H-pyrrole nitrogens is 1. The number of nitro groups is 1. The van der Waals surface area contributed by atoms with E-state index in [4.69, 9.17) is 0 Å². The zero-order valence-corrected chi connectivity index (χ0v) is 13.7. The van der Waals surface area contributed by atoms with Crippen LogP contribution in [0.4, 0.5) is 11.5 Å². The highest BCUT2D eigenvalue weighted by molar-refractivity contribution is 5.91. The molecule has 1 saturated carbocycles. The molecule has 1 heterocycles. The van der Waals surface area contributed by atoms with Crippen molar-refractivity contribution in [1.82, 2.24) is 10.2 Å². The summed E-state index contributed by atoms with van der Waals surface area (Å²) in [6.07, 6.45) is 4.29. The minimum Gasteiger partial charge on any atom is -0.389 e. The van der Waals surface area contributed by atoms with Crippen LogP contribution < -0.4 is 5.32 Å². The molecule has 0 aliphatic heterocycles. The van der Waals surface area contributed by atoms with Gasteiger partial charge in [0.15, 0.2) is 5.82 Å². The molecule has 1 amide bonds. The quantitative estimate of drug-likeness (QED) is 0.568. The number of nitrogens with one attached hydrogen (secondary N) is 2. The van der Waals surface area contributed by atoms with E-state index >= 15 is 0 Å². The molecular weight excluding hydrogens is 324 g/mol. The van der Waals surface area contributed by atoms with Gasteiger partial charge in [-0.15, -0.1) is 0 Å². The molecule has 8 heteroatoms. The van der Waals surface area contributed by atoms with Gasteiger partial charge in [-0.3, -0.25) is 20.0 Å². The number of aliphatic hydroxyl groups is 1. The lowest BCUT2D eigenvalue weighted by Crippen LogP contribution is -2.35. The fraction of sp³-hybridized carbons (Fsp3) is 0.412. The number of hydrogen-bond acceptors (Lipinski definition) is 5. The fourth-order valence-electron chi connectivity index (χ4n) is 3.19. The molecule has 132 valence electrons. The van der Waals surface area contributed by atoms with Gasteiger partial charge in [0.1, 0.15) is 0 Å². The third kappa shape index (κ3) is 4.21. The maximum atomic E-state index is 12.2. The molecule has 1 aliphatic carbocycles. The Labute approximate surface area is 144 Å². The number of hydrogen-bond donors (Lipinski definition) is 3. The first-order valence-electron chi connectivity index (χ1n) is 8.28. The van der Waals surface area contributed by atoms with Gasteiger partial charge in [-0.1, -0.05) is 31.4 Å². The van der Waals surface area contributed by atoms with Crippen molar-refractivity contribution in [3.8, 4) is 11.3 Å². The lowest BCUT2D eigenvalue weighted by Gasteiger charge is -2.31. The van der Waals surface area contributed by atoms with E-state index in [1.165, 1.54) is 12.1 Å². The van der Waals surface area contributed by atoms with E-state index in [1.54, 1.807) is 18.2 Å². The number of rotatable bonds is 5. The van der Waals surface area contributed by atoms with Gasteiger partial charge in [0, 0.05) is 23.8 Å². The summed E-state index contributed by atoms with van der Waals surface area (Å²) >= 11 is 0. The molecule has 0 spiro atoms. The van der Waals surface area contributed by atoms with E-state index in [9.17, 15) is 20.0 Å². The molecule has 3 N–H and O–H groups in total. The van der Waals surface area contributed by atoms with Crippen molar-refractivity contribution in [3.05, 3.63) is 40.4 Å². The summed E-state index contributed by atoms with van der Waals surface area (Å²) in [5.41, 5.74) is 0.224. The normalized spacial score (nSPS) is 16.4. The van der Waals surface area contributed by atoms with Crippen LogP contribution in [-0.2, 0) is 4.79 Å². The molecule has 1 fully saturated rings. The summed E-state index contributed by atoms with van der Waals surface area (Å²) in [5.74, 6) is 0.0346. The van der Waals surface area contributed by atoms with Gasteiger partial charge in [-0.05, 0) is 12.8 Å². The molecule has 1 aromatic heterocycles. The standard InChI is InChI=1S/C17H20N4O4/c22-16(11-17(23)7-2-1-3-8-17)18-15-10-14(19-20-15)12-5-4-6-13(9-12)21(24)25/h4-6,9-10,23H,1-3,7-8,11H2,(H2,18,19,20,22). The Balaban J connectivity index is 1.66. The summed E-state index contributed by atoms with van der Waals surface area (Å²) in [6.45, 7) is 0. The second kappa shape index (κ2) is 7.02. The average Bonchev–Trinajstić information content (AvgIpc) is 3.03. The molecule has 8 nitrogen and oxygen atoms in total. The number of non-ortho nitro benzene ring substituents is 1. The van der Waals surface area contributed by atoms with Crippen molar-refractivity contribution < 1.29 is 14.8 Å². The van der Waals surface area contributed by atoms with Crippen LogP contribution in [0.15, 0.2) is 30.3 Å². The molecule has 1 aromatic carbocycles. The molecule has 0 atom stereocenters. The van der Waals surface area contributed by atoms with Crippen molar-refractivity contribution in [1.29, 1.82) is 0 Å². The van der Waals surface area contributed by atoms with Crippen LogP contribution in [0.3, 0.4) is 0 Å². The van der Waals surface area contributed by atoms with Crippen molar-refractivity contribution in [3.63, 3.8) is 0 Å². The Kier molecular flexibility index (Phi) is 4.80. The van der Waals surface area contributed by atoms with Gasteiger partial charge >= 0.3 is 0 Å². The number of nitro benzene ring substituents is 1. The average molecular weight is 344 g/mol. The van der Waals surface area contributed by atoms with Crippen molar-refractivity contribution >= 4 is 17.4 Å². The topological polar surface area (TPSA) is 121 Å². The predicted octanol–water partition coefficient (Wildman–Crippen LogP) is 3.01. The molecule has 0 bridgehead atoms. The van der Waals surface area contributed by atoms with Gasteiger partial charge in [0.05, 0.1) is 22.6 Å². The van der Waals surface area contributed by atoms with E-state index < -0.39 is 10.5 Å². The van der Waals surface area contributed by atoms with Gasteiger partial charge < -0.3 is 10.4 Å². The Morgan fingerprint density at radius 2 is 2.08 bits per heavy atom.